The molecule has 2 aliphatic rings. The lowest BCUT2D eigenvalue weighted by molar-refractivity contribution is -0.148. The molecule has 0 aromatic heterocycles. The van der Waals surface area contributed by atoms with Crippen molar-refractivity contribution in [2.24, 2.45) is 23.7 Å². The van der Waals surface area contributed by atoms with Crippen molar-refractivity contribution in [3.8, 4) is 0 Å². The van der Waals surface area contributed by atoms with Gasteiger partial charge < -0.3 is 10.4 Å². The van der Waals surface area contributed by atoms with Gasteiger partial charge in [0.25, 0.3) is 0 Å². The Balaban J connectivity index is 1.73. The molecular formula is C17H21NO3. The quantitative estimate of drug-likeness (QED) is 0.894. The van der Waals surface area contributed by atoms with Gasteiger partial charge in [-0.05, 0) is 55.2 Å². The number of fused-ring (bicyclic) bond motifs is 2. The van der Waals surface area contributed by atoms with E-state index in [1.54, 1.807) is 0 Å². The van der Waals surface area contributed by atoms with Crippen molar-refractivity contribution in [2.45, 2.75) is 32.6 Å². The highest BCUT2D eigenvalue weighted by molar-refractivity contribution is 5.96. The number of carboxylic acids is 1. The third-order valence-corrected chi connectivity index (χ3v) is 5.13. The molecule has 1 amide bonds. The van der Waals surface area contributed by atoms with Gasteiger partial charge in [0.1, 0.15) is 0 Å². The molecule has 2 aliphatic carbocycles. The highest BCUT2D eigenvalue weighted by Crippen LogP contribution is 2.52. The fraction of sp³-hybridized carbons (Fsp3) is 0.529. The fourth-order valence-corrected chi connectivity index (χ4v) is 4.07. The fourth-order valence-electron chi connectivity index (χ4n) is 4.07. The van der Waals surface area contributed by atoms with Gasteiger partial charge in [0.15, 0.2) is 0 Å². The predicted octanol–water partition coefficient (Wildman–Crippen LogP) is 2.93. The van der Waals surface area contributed by atoms with Gasteiger partial charge in [-0.25, -0.2) is 0 Å². The predicted molar refractivity (Wildman–Crippen MR) is 79.9 cm³/mol. The Kier molecular flexibility index (Phi) is 3.70. The molecule has 0 spiro atoms. The Morgan fingerprint density at radius 1 is 1.14 bits per heavy atom. The first-order valence-electron chi connectivity index (χ1n) is 7.72. The van der Waals surface area contributed by atoms with E-state index in [2.05, 4.69) is 12.2 Å². The molecule has 4 heteroatoms. The van der Waals surface area contributed by atoms with E-state index < -0.39 is 11.9 Å². The molecule has 2 N–H and O–H groups in total. The Hall–Kier alpha value is -1.84. The number of benzene rings is 1. The van der Waals surface area contributed by atoms with Gasteiger partial charge in [-0.2, -0.15) is 0 Å². The van der Waals surface area contributed by atoms with Crippen LogP contribution in [0.1, 0.15) is 31.7 Å². The number of carboxylic acid groups (broad SMARTS) is 1. The summed E-state index contributed by atoms with van der Waals surface area (Å²) in [5, 5.41) is 12.3. The minimum Gasteiger partial charge on any atom is -0.481 e. The number of amides is 1. The molecule has 0 aliphatic heterocycles. The summed E-state index contributed by atoms with van der Waals surface area (Å²) in [6.07, 6.45) is 3.80. The first-order chi connectivity index (χ1) is 10.1. The number of aryl methyl sites for hydroxylation is 1. The van der Waals surface area contributed by atoms with E-state index in [0.717, 1.165) is 31.4 Å². The topological polar surface area (TPSA) is 66.4 Å². The van der Waals surface area contributed by atoms with Crippen molar-refractivity contribution in [1.29, 1.82) is 0 Å². The lowest BCUT2D eigenvalue weighted by atomic mass is 9.78. The normalized spacial score (nSPS) is 30.3. The second-order valence-electron chi connectivity index (χ2n) is 6.26. The first kappa shape index (κ1) is 14.1. The third kappa shape index (κ3) is 2.55. The standard InChI is InChI=1S/C17H21NO3/c1-2-10-3-7-13(8-4-10)18-16(19)14-11-5-6-12(9-11)15(14)17(20)21/h3-4,7-8,11-12,14-15H,2,5-6,9H2,1H3,(H,18,19)(H,20,21)/t11-,12-,14+,15-/m0/s1. The Bertz CT molecular complexity index is 552. The molecule has 0 saturated heterocycles. The second-order valence-corrected chi connectivity index (χ2v) is 6.26. The SMILES string of the molecule is CCc1ccc(NC(=O)[C@@H]2[C@H]3CC[C@@H](C3)[C@@H]2C(=O)O)cc1. The maximum Gasteiger partial charge on any atom is 0.307 e. The summed E-state index contributed by atoms with van der Waals surface area (Å²) >= 11 is 0. The van der Waals surface area contributed by atoms with E-state index in [9.17, 15) is 14.7 Å². The number of hydrogen-bond acceptors (Lipinski definition) is 2. The van der Waals surface area contributed by atoms with Gasteiger partial charge in [-0.15, -0.1) is 0 Å². The largest absolute Gasteiger partial charge is 0.481 e. The van der Waals surface area contributed by atoms with Crippen LogP contribution in [0.2, 0.25) is 0 Å². The number of hydrogen-bond donors (Lipinski definition) is 2. The summed E-state index contributed by atoms with van der Waals surface area (Å²) in [4.78, 5) is 24.0. The number of anilines is 1. The van der Waals surface area contributed by atoms with Crippen LogP contribution in [-0.4, -0.2) is 17.0 Å². The number of carbonyl (C=O) groups excluding carboxylic acids is 1. The molecule has 4 atom stereocenters. The smallest absolute Gasteiger partial charge is 0.307 e. The molecule has 4 nitrogen and oxygen atoms in total. The van der Waals surface area contributed by atoms with Crippen molar-refractivity contribution >= 4 is 17.6 Å². The van der Waals surface area contributed by atoms with Crippen molar-refractivity contribution in [3.05, 3.63) is 29.8 Å². The lowest BCUT2D eigenvalue weighted by Crippen LogP contribution is -2.37. The average molecular weight is 287 g/mol. The van der Waals surface area contributed by atoms with E-state index in [4.69, 9.17) is 0 Å². The van der Waals surface area contributed by atoms with Gasteiger partial charge in [-0.1, -0.05) is 19.1 Å². The molecule has 21 heavy (non-hydrogen) atoms. The molecule has 2 saturated carbocycles. The Morgan fingerprint density at radius 3 is 2.33 bits per heavy atom. The van der Waals surface area contributed by atoms with Crippen LogP contribution in [0.3, 0.4) is 0 Å². The van der Waals surface area contributed by atoms with Crippen LogP contribution in [0.5, 0.6) is 0 Å². The zero-order valence-corrected chi connectivity index (χ0v) is 12.2. The zero-order valence-electron chi connectivity index (χ0n) is 12.2. The van der Waals surface area contributed by atoms with Crippen molar-refractivity contribution in [3.63, 3.8) is 0 Å². The average Bonchev–Trinajstić information content (AvgIpc) is 3.08. The number of aliphatic carboxylic acids is 1. The van der Waals surface area contributed by atoms with E-state index in [0.29, 0.717) is 0 Å². The van der Waals surface area contributed by atoms with E-state index in [1.165, 1.54) is 5.56 Å². The number of nitrogens with one attached hydrogen (secondary N) is 1. The summed E-state index contributed by atoms with van der Waals surface area (Å²) in [5.74, 6) is -1.38. The second kappa shape index (κ2) is 5.51. The minimum absolute atomic E-state index is 0.126. The third-order valence-electron chi connectivity index (χ3n) is 5.13. The molecule has 2 bridgehead atoms. The van der Waals surface area contributed by atoms with Gasteiger partial charge in [0.05, 0.1) is 11.8 Å². The first-order valence-corrected chi connectivity index (χ1v) is 7.72. The number of rotatable bonds is 4. The zero-order chi connectivity index (χ0) is 15.0. The molecule has 0 unspecified atom stereocenters. The van der Waals surface area contributed by atoms with Crippen LogP contribution in [0, 0.1) is 23.7 Å². The molecule has 112 valence electrons. The van der Waals surface area contributed by atoms with Crippen LogP contribution in [0.4, 0.5) is 5.69 Å². The van der Waals surface area contributed by atoms with Gasteiger partial charge in [0, 0.05) is 5.69 Å². The minimum atomic E-state index is -0.816. The monoisotopic (exact) mass is 287 g/mol. The van der Waals surface area contributed by atoms with Crippen LogP contribution < -0.4 is 5.32 Å². The maximum atomic E-state index is 12.5. The van der Waals surface area contributed by atoms with Crippen molar-refractivity contribution < 1.29 is 14.7 Å². The van der Waals surface area contributed by atoms with Crippen LogP contribution in [0.25, 0.3) is 0 Å². The molecule has 3 rings (SSSR count). The summed E-state index contributed by atoms with van der Waals surface area (Å²) in [7, 11) is 0. The molecule has 1 aromatic carbocycles. The van der Waals surface area contributed by atoms with Crippen molar-refractivity contribution in [1.82, 2.24) is 0 Å². The number of carbonyl (C=O) groups is 2. The summed E-state index contributed by atoms with van der Waals surface area (Å²) in [5.41, 5.74) is 1.97. The van der Waals surface area contributed by atoms with Crippen LogP contribution >= 0.6 is 0 Å². The Morgan fingerprint density at radius 2 is 1.76 bits per heavy atom. The molecule has 2 fully saturated rings. The maximum absolute atomic E-state index is 12.5. The molecular weight excluding hydrogens is 266 g/mol. The van der Waals surface area contributed by atoms with Gasteiger partial charge in [0.2, 0.25) is 5.91 Å². The van der Waals surface area contributed by atoms with Crippen LogP contribution in [0.15, 0.2) is 24.3 Å². The lowest BCUT2D eigenvalue weighted by Gasteiger charge is -2.27. The summed E-state index contributed by atoms with van der Waals surface area (Å²) in [6, 6.07) is 7.76. The molecule has 1 aromatic rings. The summed E-state index contributed by atoms with van der Waals surface area (Å²) < 4.78 is 0. The molecule has 0 radical (unpaired) electrons. The molecule has 0 heterocycles. The van der Waals surface area contributed by atoms with Gasteiger partial charge in [-0.3, -0.25) is 9.59 Å². The van der Waals surface area contributed by atoms with Crippen molar-refractivity contribution in [2.75, 3.05) is 5.32 Å². The Labute approximate surface area is 124 Å². The van der Waals surface area contributed by atoms with Crippen LogP contribution in [-0.2, 0) is 16.0 Å². The van der Waals surface area contributed by atoms with Gasteiger partial charge >= 0.3 is 5.97 Å². The summed E-state index contributed by atoms with van der Waals surface area (Å²) in [6.45, 7) is 2.08. The van der Waals surface area contributed by atoms with E-state index in [1.807, 2.05) is 24.3 Å². The highest BCUT2D eigenvalue weighted by Gasteiger charge is 2.53. The highest BCUT2D eigenvalue weighted by atomic mass is 16.4. The van der Waals surface area contributed by atoms with E-state index >= 15 is 0 Å². The van der Waals surface area contributed by atoms with E-state index in [-0.39, 0.29) is 23.7 Å².